The number of carbonyl (C=O) groups excluding carboxylic acids is 1. The van der Waals surface area contributed by atoms with Gasteiger partial charge in [0.25, 0.3) is 10.0 Å². The van der Waals surface area contributed by atoms with Gasteiger partial charge in [0.2, 0.25) is 5.91 Å². The van der Waals surface area contributed by atoms with Crippen molar-refractivity contribution in [3.05, 3.63) is 89.5 Å². The van der Waals surface area contributed by atoms with E-state index in [9.17, 15) is 13.2 Å². The molecule has 0 N–H and O–H groups in total. The topological polar surface area (TPSA) is 63.7 Å². The van der Waals surface area contributed by atoms with Crippen LogP contribution in [0.3, 0.4) is 0 Å². The number of benzene rings is 3. The van der Waals surface area contributed by atoms with E-state index in [0.29, 0.717) is 18.7 Å². The van der Waals surface area contributed by atoms with Gasteiger partial charge in [0.1, 0.15) is 5.75 Å². The maximum absolute atomic E-state index is 13.5. The summed E-state index contributed by atoms with van der Waals surface area (Å²) in [6.07, 6.45) is 0.436. The molecule has 0 bridgehead atoms. The van der Waals surface area contributed by atoms with Crippen molar-refractivity contribution in [1.29, 1.82) is 0 Å². The van der Waals surface area contributed by atoms with E-state index in [1.54, 1.807) is 30.3 Å². The predicted molar refractivity (Wildman–Crippen MR) is 137 cm³/mol. The average Bonchev–Trinajstić information content (AvgIpc) is 2.80. The third-order valence-corrected chi connectivity index (χ3v) is 7.58. The first-order chi connectivity index (χ1) is 16.0. The van der Waals surface area contributed by atoms with Crippen LogP contribution in [0, 0.1) is 13.8 Å². The van der Waals surface area contributed by atoms with Crippen molar-refractivity contribution in [2.45, 2.75) is 57.8 Å². The van der Waals surface area contributed by atoms with Crippen LogP contribution >= 0.6 is 0 Å². The molecule has 180 valence electrons. The fourth-order valence-corrected chi connectivity index (χ4v) is 5.15. The van der Waals surface area contributed by atoms with Crippen LogP contribution in [0.15, 0.2) is 77.7 Å². The van der Waals surface area contributed by atoms with Crippen LogP contribution in [0.4, 0.5) is 5.69 Å². The smallest absolute Gasteiger partial charge is 0.270 e. The van der Waals surface area contributed by atoms with Gasteiger partial charge in [-0.05, 0) is 72.7 Å². The lowest BCUT2D eigenvalue weighted by molar-refractivity contribution is -0.117. The minimum absolute atomic E-state index is 0.0412. The van der Waals surface area contributed by atoms with E-state index in [4.69, 9.17) is 4.74 Å². The Bertz CT molecular complexity index is 1230. The molecule has 0 unspecified atom stereocenters. The Morgan fingerprint density at radius 1 is 0.882 bits per heavy atom. The molecule has 0 aliphatic rings. The Labute approximate surface area is 203 Å². The number of aryl methyl sites for hydroxylation is 1. The second-order valence-electron chi connectivity index (χ2n) is 9.42. The molecule has 0 saturated carbocycles. The summed E-state index contributed by atoms with van der Waals surface area (Å²) in [5.74, 6) is 0.243. The number of ether oxygens (including phenoxy) is 1. The monoisotopic (exact) mass is 479 g/mol. The van der Waals surface area contributed by atoms with Gasteiger partial charge in [0.15, 0.2) is 0 Å². The van der Waals surface area contributed by atoms with E-state index in [0.717, 1.165) is 21.2 Å². The van der Waals surface area contributed by atoms with E-state index in [-0.39, 0.29) is 16.7 Å². The summed E-state index contributed by atoms with van der Waals surface area (Å²) in [7, 11) is -4.06. The molecule has 3 rings (SSSR count). The van der Waals surface area contributed by atoms with Gasteiger partial charge >= 0.3 is 0 Å². The molecule has 0 fully saturated rings. The molecule has 0 aromatic heterocycles. The maximum Gasteiger partial charge on any atom is 0.270 e. The highest BCUT2D eigenvalue weighted by molar-refractivity contribution is 7.93. The van der Waals surface area contributed by atoms with Gasteiger partial charge in [-0.3, -0.25) is 4.79 Å². The molecular formula is C28H33NO4S. The number of rotatable bonds is 8. The minimum atomic E-state index is -4.06. The van der Waals surface area contributed by atoms with E-state index in [2.05, 4.69) is 20.8 Å². The Morgan fingerprint density at radius 2 is 1.53 bits per heavy atom. The molecule has 0 radical (unpaired) electrons. The van der Waals surface area contributed by atoms with Gasteiger partial charge in [-0.25, -0.2) is 12.7 Å². The van der Waals surface area contributed by atoms with E-state index in [1.165, 1.54) is 17.7 Å². The van der Waals surface area contributed by atoms with Gasteiger partial charge in [-0.15, -0.1) is 0 Å². The zero-order chi connectivity index (χ0) is 24.9. The lowest BCUT2D eigenvalue weighted by Crippen LogP contribution is -2.37. The summed E-state index contributed by atoms with van der Waals surface area (Å²) in [5, 5.41) is 0. The zero-order valence-electron chi connectivity index (χ0n) is 20.5. The number of carbonyl (C=O) groups is 1. The number of sulfonamides is 1. The van der Waals surface area contributed by atoms with Gasteiger partial charge in [-0.2, -0.15) is 0 Å². The zero-order valence-corrected chi connectivity index (χ0v) is 21.4. The third-order valence-electron chi connectivity index (χ3n) is 5.83. The molecule has 0 spiro atoms. The van der Waals surface area contributed by atoms with Crippen molar-refractivity contribution in [2.24, 2.45) is 0 Å². The molecule has 0 aliphatic heterocycles. The molecule has 6 heteroatoms. The Balaban J connectivity index is 1.75. The lowest BCUT2D eigenvalue weighted by Gasteiger charge is -2.25. The van der Waals surface area contributed by atoms with Crippen LogP contribution in [-0.4, -0.2) is 20.9 Å². The molecule has 0 saturated heterocycles. The van der Waals surface area contributed by atoms with Crippen LogP contribution < -0.4 is 9.04 Å². The van der Waals surface area contributed by atoms with Crippen molar-refractivity contribution < 1.29 is 17.9 Å². The van der Waals surface area contributed by atoms with Gasteiger partial charge in [0, 0.05) is 6.42 Å². The maximum atomic E-state index is 13.5. The highest BCUT2D eigenvalue weighted by Gasteiger charge is 2.31. The third kappa shape index (κ3) is 5.86. The molecular weight excluding hydrogens is 446 g/mol. The first-order valence-electron chi connectivity index (χ1n) is 11.4. The van der Waals surface area contributed by atoms with Gasteiger partial charge in [-0.1, -0.05) is 63.2 Å². The van der Waals surface area contributed by atoms with Crippen molar-refractivity contribution >= 4 is 21.6 Å². The van der Waals surface area contributed by atoms with Crippen LogP contribution in [-0.2, 0) is 20.2 Å². The SMILES string of the molecule is Cc1cccc(N(C(=O)CCCOc2ccc(C(C)(C)C)cc2)S(=O)(=O)c2ccccc2)c1C. The number of anilines is 1. The van der Waals surface area contributed by atoms with Gasteiger partial charge < -0.3 is 4.74 Å². The molecule has 34 heavy (non-hydrogen) atoms. The normalized spacial score (nSPS) is 11.8. The van der Waals surface area contributed by atoms with Crippen LogP contribution in [0.25, 0.3) is 0 Å². The van der Waals surface area contributed by atoms with E-state index < -0.39 is 15.9 Å². The summed E-state index contributed by atoms with van der Waals surface area (Å²) in [4.78, 5) is 13.4. The highest BCUT2D eigenvalue weighted by Crippen LogP contribution is 2.30. The average molecular weight is 480 g/mol. The van der Waals surface area contributed by atoms with Crippen molar-refractivity contribution in [3.63, 3.8) is 0 Å². The highest BCUT2D eigenvalue weighted by atomic mass is 32.2. The molecule has 3 aromatic carbocycles. The second kappa shape index (κ2) is 10.4. The summed E-state index contributed by atoms with van der Waals surface area (Å²) >= 11 is 0. The first-order valence-corrected chi connectivity index (χ1v) is 12.9. The summed E-state index contributed by atoms with van der Waals surface area (Å²) in [6, 6.07) is 21.3. The van der Waals surface area contributed by atoms with Crippen molar-refractivity contribution in [3.8, 4) is 5.75 Å². The molecule has 0 aliphatic carbocycles. The number of hydrogen-bond donors (Lipinski definition) is 0. The summed E-state index contributed by atoms with van der Waals surface area (Å²) in [5.41, 5.74) is 3.33. The standard InChI is InChI=1S/C28H33NO4S/c1-21-11-9-14-26(22(21)2)29(34(31,32)25-12-7-6-8-13-25)27(30)15-10-20-33-24-18-16-23(17-19-24)28(3,4)5/h6-9,11-14,16-19H,10,15,20H2,1-5H3. The lowest BCUT2D eigenvalue weighted by atomic mass is 9.87. The second-order valence-corrected chi connectivity index (χ2v) is 11.2. The summed E-state index contributed by atoms with van der Waals surface area (Å²) < 4.78 is 33.7. The quantitative estimate of drug-likeness (QED) is 0.362. The molecule has 1 amide bonds. The van der Waals surface area contributed by atoms with Crippen molar-refractivity contribution in [2.75, 3.05) is 10.9 Å². The minimum Gasteiger partial charge on any atom is -0.494 e. The fourth-order valence-electron chi connectivity index (χ4n) is 3.62. The van der Waals surface area contributed by atoms with Crippen LogP contribution in [0.2, 0.25) is 0 Å². The summed E-state index contributed by atoms with van der Waals surface area (Å²) in [6.45, 7) is 10.5. The molecule has 0 atom stereocenters. The predicted octanol–water partition coefficient (Wildman–Crippen LogP) is 6.18. The largest absolute Gasteiger partial charge is 0.494 e. The van der Waals surface area contributed by atoms with E-state index in [1.807, 2.05) is 44.2 Å². The van der Waals surface area contributed by atoms with Crippen LogP contribution in [0.5, 0.6) is 5.75 Å². The van der Waals surface area contributed by atoms with Crippen molar-refractivity contribution in [1.82, 2.24) is 0 Å². The van der Waals surface area contributed by atoms with Crippen LogP contribution in [0.1, 0.15) is 50.3 Å². The Kier molecular flexibility index (Phi) is 7.82. The number of nitrogens with zero attached hydrogens (tertiary/aromatic N) is 1. The Hall–Kier alpha value is -3.12. The molecule has 3 aromatic rings. The number of hydrogen-bond acceptors (Lipinski definition) is 4. The first kappa shape index (κ1) is 25.5. The number of amides is 1. The fraction of sp³-hybridized carbons (Fsp3) is 0.321. The molecule has 0 heterocycles. The van der Waals surface area contributed by atoms with E-state index >= 15 is 0 Å². The molecule has 5 nitrogen and oxygen atoms in total. The Morgan fingerprint density at radius 3 is 2.15 bits per heavy atom. The van der Waals surface area contributed by atoms with Gasteiger partial charge in [0.05, 0.1) is 17.2 Å².